The van der Waals surface area contributed by atoms with Gasteiger partial charge >= 0.3 is 0 Å². The van der Waals surface area contributed by atoms with Gasteiger partial charge in [0.1, 0.15) is 0 Å². The minimum absolute atomic E-state index is 0.606. The van der Waals surface area contributed by atoms with Crippen molar-refractivity contribution in [1.29, 1.82) is 0 Å². The number of aromatic nitrogens is 2. The minimum Gasteiger partial charge on any atom is -0.322 e. The first-order chi connectivity index (χ1) is 5.29. The topological polar surface area (TPSA) is 17.8 Å². The third kappa shape index (κ3) is 1.07. The zero-order chi connectivity index (χ0) is 7.84. The standard InChI is InChI=1S/C8H12N2S/c1-6(2)7-5-9-8-10(7)3-4-11-8/h5-6H,3-4H2,1-2H3. The van der Waals surface area contributed by atoms with E-state index in [0.29, 0.717) is 5.92 Å². The summed E-state index contributed by atoms with van der Waals surface area (Å²) in [6.07, 6.45) is 2.01. The molecular formula is C8H12N2S. The highest BCUT2D eigenvalue weighted by molar-refractivity contribution is 7.99. The molecule has 0 atom stereocenters. The zero-order valence-electron chi connectivity index (χ0n) is 6.87. The molecule has 0 saturated heterocycles. The smallest absolute Gasteiger partial charge is 0.168 e. The van der Waals surface area contributed by atoms with Gasteiger partial charge in [0.2, 0.25) is 0 Å². The molecular weight excluding hydrogens is 156 g/mol. The Kier molecular flexibility index (Phi) is 1.68. The Morgan fingerprint density at radius 2 is 2.45 bits per heavy atom. The molecule has 2 rings (SSSR count). The molecule has 0 aromatic carbocycles. The molecule has 0 N–H and O–H groups in total. The van der Waals surface area contributed by atoms with Crippen molar-refractivity contribution < 1.29 is 0 Å². The van der Waals surface area contributed by atoms with E-state index in [9.17, 15) is 0 Å². The van der Waals surface area contributed by atoms with E-state index in [-0.39, 0.29) is 0 Å². The number of nitrogens with zero attached hydrogens (tertiary/aromatic N) is 2. The van der Waals surface area contributed by atoms with Crippen molar-refractivity contribution in [3.05, 3.63) is 11.9 Å². The fourth-order valence-corrected chi connectivity index (χ4v) is 2.34. The molecule has 2 heterocycles. The van der Waals surface area contributed by atoms with Gasteiger partial charge < -0.3 is 4.57 Å². The summed E-state index contributed by atoms with van der Waals surface area (Å²) in [5.41, 5.74) is 1.38. The number of rotatable bonds is 1. The second-order valence-corrected chi connectivity index (χ2v) is 4.18. The molecule has 1 aromatic rings. The van der Waals surface area contributed by atoms with E-state index in [4.69, 9.17) is 0 Å². The Morgan fingerprint density at radius 3 is 3.18 bits per heavy atom. The van der Waals surface area contributed by atoms with E-state index in [1.165, 1.54) is 16.6 Å². The highest BCUT2D eigenvalue weighted by Gasteiger charge is 2.17. The van der Waals surface area contributed by atoms with Gasteiger partial charge in [-0.15, -0.1) is 0 Å². The Balaban J connectivity index is 2.42. The van der Waals surface area contributed by atoms with Crippen LogP contribution in [0.4, 0.5) is 0 Å². The molecule has 0 aliphatic carbocycles. The van der Waals surface area contributed by atoms with E-state index in [0.717, 1.165) is 6.54 Å². The van der Waals surface area contributed by atoms with Crippen LogP contribution in [0.3, 0.4) is 0 Å². The summed E-state index contributed by atoms with van der Waals surface area (Å²) < 4.78 is 2.33. The fourth-order valence-electron chi connectivity index (χ4n) is 1.40. The van der Waals surface area contributed by atoms with Gasteiger partial charge in [-0.05, 0) is 5.92 Å². The highest BCUT2D eigenvalue weighted by Crippen LogP contribution is 2.28. The molecule has 0 fully saturated rings. The van der Waals surface area contributed by atoms with Gasteiger partial charge in [0.25, 0.3) is 0 Å². The predicted octanol–water partition coefficient (Wildman–Crippen LogP) is 2.11. The molecule has 0 saturated carbocycles. The molecule has 60 valence electrons. The monoisotopic (exact) mass is 168 g/mol. The Hall–Kier alpha value is -0.440. The van der Waals surface area contributed by atoms with Crippen LogP contribution in [0.5, 0.6) is 0 Å². The quantitative estimate of drug-likeness (QED) is 0.639. The van der Waals surface area contributed by atoms with Crippen molar-refractivity contribution >= 4 is 11.8 Å². The van der Waals surface area contributed by atoms with Crippen LogP contribution in [0.25, 0.3) is 0 Å². The number of fused-ring (bicyclic) bond motifs is 1. The average molecular weight is 168 g/mol. The Morgan fingerprint density at radius 1 is 1.64 bits per heavy atom. The zero-order valence-corrected chi connectivity index (χ0v) is 7.69. The number of hydrogen-bond acceptors (Lipinski definition) is 2. The van der Waals surface area contributed by atoms with E-state index < -0.39 is 0 Å². The summed E-state index contributed by atoms with van der Waals surface area (Å²) in [4.78, 5) is 4.34. The van der Waals surface area contributed by atoms with Crippen LogP contribution >= 0.6 is 11.8 Å². The molecule has 1 aromatic heterocycles. The van der Waals surface area contributed by atoms with Crippen LogP contribution in [-0.2, 0) is 6.54 Å². The van der Waals surface area contributed by atoms with Crippen LogP contribution in [-0.4, -0.2) is 15.3 Å². The fraction of sp³-hybridized carbons (Fsp3) is 0.625. The summed E-state index contributed by atoms with van der Waals surface area (Å²) >= 11 is 1.86. The molecule has 3 heteroatoms. The van der Waals surface area contributed by atoms with Crippen LogP contribution < -0.4 is 0 Å². The molecule has 1 aliphatic heterocycles. The first-order valence-corrected chi connectivity index (χ1v) is 4.96. The second-order valence-electron chi connectivity index (χ2n) is 3.12. The molecule has 0 bridgehead atoms. The first kappa shape index (κ1) is 7.22. The van der Waals surface area contributed by atoms with Crippen molar-refractivity contribution in [3.8, 4) is 0 Å². The lowest BCUT2D eigenvalue weighted by Crippen LogP contribution is -2.01. The van der Waals surface area contributed by atoms with Crippen LogP contribution in [0.1, 0.15) is 25.5 Å². The van der Waals surface area contributed by atoms with Crippen LogP contribution in [0, 0.1) is 0 Å². The highest BCUT2D eigenvalue weighted by atomic mass is 32.2. The van der Waals surface area contributed by atoms with Crippen LogP contribution in [0.15, 0.2) is 11.4 Å². The molecule has 2 nitrogen and oxygen atoms in total. The van der Waals surface area contributed by atoms with Crippen molar-refractivity contribution in [2.45, 2.75) is 31.5 Å². The minimum atomic E-state index is 0.606. The summed E-state index contributed by atoms with van der Waals surface area (Å²) in [5, 5.41) is 1.20. The maximum absolute atomic E-state index is 4.34. The lowest BCUT2D eigenvalue weighted by molar-refractivity contribution is 0.645. The second kappa shape index (κ2) is 2.55. The van der Waals surface area contributed by atoms with Gasteiger partial charge in [-0.3, -0.25) is 0 Å². The molecule has 0 radical (unpaired) electrons. The molecule has 11 heavy (non-hydrogen) atoms. The third-order valence-electron chi connectivity index (χ3n) is 1.99. The maximum Gasteiger partial charge on any atom is 0.168 e. The average Bonchev–Trinajstić information content (AvgIpc) is 2.41. The van der Waals surface area contributed by atoms with Gasteiger partial charge in [0.05, 0.1) is 0 Å². The van der Waals surface area contributed by atoms with Gasteiger partial charge in [-0.2, -0.15) is 0 Å². The van der Waals surface area contributed by atoms with E-state index in [1.54, 1.807) is 0 Å². The first-order valence-electron chi connectivity index (χ1n) is 3.97. The van der Waals surface area contributed by atoms with E-state index in [1.807, 2.05) is 18.0 Å². The van der Waals surface area contributed by atoms with Gasteiger partial charge in [-0.25, -0.2) is 4.98 Å². The lowest BCUT2D eigenvalue weighted by Gasteiger charge is -2.05. The molecule has 0 spiro atoms. The Bertz CT molecular complexity index is 265. The van der Waals surface area contributed by atoms with E-state index >= 15 is 0 Å². The van der Waals surface area contributed by atoms with Gasteiger partial charge in [0.15, 0.2) is 5.16 Å². The molecule has 0 unspecified atom stereocenters. The van der Waals surface area contributed by atoms with Gasteiger partial charge in [-0.1, -0.05) is 25.6 Å². The van der Waals surface area contributed by atoms with Gasteiger partial charge in [0, 0.05) is 24.2 Å². The van der Waals surface area contributed by atoms with Crippen molar-refractivity contribution in [3.63, 3.8) is 0 Å². The summed E-state index contributed by atoms with van der Waals surface area (Å²) in [7, 11) is 0. The summed E-state index contributed by atoms with van der Waals surface area (Å²) in [6, 6.07) is 0. The maximum atomic E-state index is 4.34. The normalized spacial score (nSPS) is 15.9. The number of thioether (sulfide) groups is 1. The number of hydrogen-bond donors (Lipinski definition) is 0. The predicted molar refractivity (Wildman–Crippen MR) is 47.0 cm³/mol. The van der Waals surface area contributed by atoms with Crippen molar-refractivity contribution in [2.24, 2.45) is 0 Å². The SMILES string of the molecule is CC(C)c1cnc2n1CCS2. The third-order valence-corrected chi connectivity index (χ3v) is 2.96. The van der Waals surface area contributed by atoms with Crippen molar-refractivity contribution in [2.75, 3.05) is 5.75 Å². The Labute approximate surface area is 71.0 Å². The van der Waals surface area contributed by atoms with E-state index in [2.05, 4.69) is 23.4 Å². The number of imidazole rings is 1. The summed E-state index contributed by atoms with van der Waals surface area (Å²) in [6.45, 7) is 5.58. The molecule has 1 aliphatic rings. The molecule has 0 amide bonds. The van der Waals surface area contributed by atoms with Crippen molar-refractivity contribution in [1.82, 2.24) is 9.55 Å². The lowest BCUT2D eigenvalue weighted by atomic mass is 10.1. The summed E-state index contributed by atoms with van der Waals surface area (Å²) in [5.74, 6) is 1.80. The largest absolute Gasteiger partial charge is 0.322 e. The van der Waals surface area contributed by atoms with Crippen LogP contribution in [0.2, 0.25) is 0 Å².